The van der Waals surface area contributed by atoms with Crippen LogP contribution in [0.15, 0.2) is 23.7 Å². The Hall–Kier alpha value is -1.44. The van der Waals surface area contributed by atoms with Gasteiger partial charge in [-0.1, -0.05) is 18.2 Å². The average molecular weight is 330 g/mol. The van der Waals surface area contributed by atoms with E-state index in [0.717, 1.165) is 6.54 Å². The fraction of sp³-hybridized carbons (Fsp3) is 0.462. The largest absolute Gasteiger partial charge is 0.349 e. The lowest BCUT2D eigenvalue weighted by atomic mass is 10.3. The Morgan fingerprint density at radius 1 is 1.52 bits per heavy atom. The maximum Gasteiger partial charge on any atom is 0.273 e. The highest BCUT2D eigenvalue weighted by molar-refractivity contribution is 7.09. The van der Waals surface area contributed by atoms with E-state index in [0.29, 0.717) is 18.8 Å². The van der Waals surface area contributed by atoms with Crippen LogP contribution in [-0.2, 0) is 6.54 Å². The third-order valence-electron chi connectivity index (χ3n) is 2.79. The number of carbonyl (C=O) groups excluding carboxylic acids is 1. The number of hydrogen-bond acceptors (Lipinski definition) is 5. The number of halogens is 1. The van der Waals surface area contributed by atoms with Gasteiger partial charge in [0.2, 0.25) is 0 Å². The standard InChI is InChI=1S/C13H19N5OS.ClH/c1-3-14-10(2)7-15-13(19)12-9-18(17-16-12)8-11-5-4-6-20-11;/h4-6,9-10,14H,3,7-8H2,1-2H3,(H,15,19);1H/t10-;/m1./s1. The molecule has 0 fully saturated rings. The third-order valence-corrected chi connectivity index (χ3v) is 3.65. The van der Waals surface area contributed by atoms with E-state index in [-0.39, 0.29) is 24.4 Å². The van der Waals surface area contributed by atoms with Crippen LogP contribution in [0.3, 0.4) is 0 Å². The number of carbonyl (C=O) groups is 1. The number of amides is 1. The van der Waals surface area contributed by atoms with E-state index in [1.54, 1.807) is 22.2 Å². The molecule has 0 aliphatic rings. The van der Waals surface area contributed by atoms with E-state index >= 15 is 0 Å². The Bertz CT molecular complexity index is 543. The van der Waals surface area contributed by atoms with Crippen molar-refractivity contribution in [3.05, 3.63) is 34.3 Å². The van der Waals surface area contributed by atoms with Crippen LogP contribution in [0, 0.1) is 0 Å². The summed E-state index contributed by atoms with van der Waals surface area (Å²) in [6, 6.07) is 4.27. The van der Waals surface area contributed by atoms with Crippen molar-refractivity contribution in [2.75, 3.05) is 13.1 Å². The van der Waals surface area contributed by atoms with E-state index in [1.165, 1.54) is 4.88 Å². The quantitative estimate of drug-likeness (QED) is 0.808. The number of hydrogen-bond donors (Lipinski definition) is 2. The number of thiophene rings is 1. The van der Waals surface area contributed by atoms with E-state index < -0.39 is 0 Å². The molecular weight excluding hydrogens is 310 g/mol. The summed E-state index contributed by atoms with van der Waals surface area (Å²) in [6.45, 7) is 6.16. The maximum absolute atomic E-state index is 11.9. The number of likely N-dealkylation sites (N-methyl/N-ethyl adjacent to an activating group) is 1. The molecule has 0 bridgehead atoms. The molecule has 6 nitrogen and oxygen atoms in total. The van der Waals surface area contributed by atoms with Crippen LogP contribution in [0.4, 0.5) is 0 Å². The first kappa shape index (κ1) is 17.6. The Labute approximate surface area is 134 Å². The molecule has 116 valence electrons. The van der Waals surface area contributed by atoms with E-state index in [2.05, 4.69) is 20.9 Å². The molecule has 2 aromatic heterocycles. The van der Waals surface area contributed by atoms with Crippen molar-refractivity contribution in [2.45, 2.75) is 26.4 Å². The summed E-state index contributed by atoms with van der Waals surface area (Å²) < 4.78 is 1.68. The zero-order valence-electron chi connectivity index (χ0n) is 12.1. The van der Waals surface area contributed by atoms with Gasteiger partial charge in [-0.25, -0.2) is 4.68 Å². The van der Waals surface area contributed by atoms with Crippen molar-refractivity contribution < 1.29 is 4.79 Å². The SMILES string of the molecule is CCN[C@H](C)CNC(=O)c1cn(Cc2cccs2)nn1.Cl. The second-order valence-corrected chi connectivity index (χ2v) is 5.58. The highest BCUT2D eigenvalue weighted by Gasteiger charge is 2.11. The molecule has 1 amide bonds. The van der Waals surface area contributed by atoms with Crippen LogP contribution in [0.5, 0.6) is 0 Å². The minimum absolute atomic E-state index is 0. The van der Waals surface area contributed by atoms with Crippen LogP contribution in [-0.4, -0.2) is 40.0 Å². The predicted molar refractivity (Wildman–Crippen MR) is 86.2 cm³/mol. The number of nitrogens with zero attached hydrogens (tertiary/aromatic N) is 3. The number of nitrogens with one attached hydrogen (secondary N) is 2. The lowest BCUT2D eigenvalue weighted by Gasteiger charge is -2.12. The van der Waals surface area contributed by atoms with Gasteiger partial charge in [0.1, 0.15) is 0 Å². The molecule has 1 atom stereocenters. The highest BCUT2D eigenvalue weighted by atomic mass is 35.5. The lowest BCUT2D eigenvalue weighted by Crippen LogP contribution is -2.38. The predicted octanol–water partition coefficient (Wildman–Crippen LogP) is 1.54. The van der Waals surface area contributed by atoms with Gasteiger partial charge in [0.25, 0.3) is 5.91 Å². The highest BCUT2D eigenvalue weighted by Crippen LogP contribution is 2.09. The summed E-state index contributed by atoms with van der Waals surface area (Å²) in [5.74, 6) is -0.188. The summed E-state index contributed by atoms with van der Waals surface area (Å²) in [6.07, 6.45) is 1.67. The Balaban J connectivity index is 0.00000220. The van der Waals surface area contributed by atoms with Crippen molar-refractivity contribution in [2.24, 2.45) is 0 Å². The summed E-state index contributed by atoms with van der Waals surface area (Å²) in [7, 11) is 0. The molecule has 0 aromatic carbocycles. The molecule has 0 aliphatic heterocycles. The Morgan fingerprint density at radius 2 is 2.33 bits per heavy atom. The number of aromatic nitrogens is 3. The molecule has 0 radical (unpaired) electrons. The van der Waals surface area contributed by atoms with Gasteiger partial charge < -0.3 is 10.6 Å². The normalized spacial score (nSPS) is 11.7. The fourth-order valence-corrected chi connectivity index (χ4v) is 2.49. The first-order valence-electron chi connectivity index (χ1n) is 6.63. The van der Waals surface area contributed by atoms with E-state index in [4.69, 9.17) is 0 Å². The second-order valence-electron chi connectivity index (χ2n) is 4.55. The summed E-state index contributed by atoms with van der Waals surface area (Å²) >= 11 is 1.66. The minimum atomic E-state index is -0.188. The van der Waals surface area contributed by atoms with Crippen LogP contribution in [0.2, 0.25) is 0 Å². The second kappa shape index (κ2) is 8.76. The maximum atomic E-state index is 11.9. The molecule has 0 unspecified atom stereocenters. The van der Waals surface area contributed by atoms with Gasteiger partial charge in [-0.05, 0) is 24.9 Å². The summed E-state index contributed by atoms with van der Waals surface area (Å²) in [5, 5.41) is 16.0. The smallest absolute Gasteiger partial charge is 0.273 e. The monoisotopic (exact) mass is 329 g/mol. The lowest BCUT2D eigenvalue weighted by molar-refractivity contribution is 0.0945. The molecule has 2 rings (SSSR count). The van der Waals surface area contributed by atoms with Gasteiger partial charge in [0, 0.05) is 17.5 Å². The van der Waals surface area contributed by atoms with Crippen molar-refractivity contribution in [3.8, 4) is 0 Å². The Kier molecular flexibility index (Phi) is 7.35. The van der Waals surface area contributed by atoms with Crippen molar-refractivity contribution in [3.63, 3.8) is 0 Å². The van der Waals surface area contributed by atoms with Gasteiger partial charge in [-0.15, -0.1) is 28.8 Å². The molecule has 21 heavy (non-hydrogen) atoms. The van der Waals surface area contributed by atoms with Gasteiger partial charge in [-0.3, -0.25) is 4.79 Å². The molecule has 2 aromatic rings. The Morgan fingerprint density at radius 3 is 3.00 bits per heavy atom. The van der Waals surface area contributed by atoms with E-state index in [9.17, 15) is 4.79 Å². The molecule has 8 heteroatoms. The van der Waals surface area contributed by atoms with Gasteiger partial charge >= 0.3 is 0 Å². The van der Waals surface area contributed by atoms with Crippen molar-refractivity contribution in [1.29, 1.82) is 0 Å². The van der Waals surface area contributed by atoms with Gasteiger partial charge in [0.05, 0.1) is 12.7 Å². The summed E-state index contributed by atoms with van der Waals surface area (Å²) in [4.78, 5) is 13.1. The summed E-state index contributed by atoms with van der Waals surface area (Å²) in [5.41, 5.74) is 0.352. The van der Waals surface area contributed by atoms with Crippen LogP contribution < -0.4 is 10.6 Å². The first-order valence-corrected chi connectivity index (χ1v) is 7.51. The molecule has 2 heterocycles. The molecule has 0 spiro atoms. The average Bonchev–Trinajstić information content (AvgIpc) is 3.08. The van der Waals surface area contributed by atoms with Gasteiger partial charge in [0.15, 0.2) is 5.69 Å². The third kappa shape index (κ3) is 5.45. The topological polar surface area (TPSA) is 71.8 Å². The van der Waals surface area contributed by atoms with Crippen LogP contribution in [0.1, 0.15) is 29.2 Å². The van der Waals surface area contributed by atoms with Crippen LogP contribution in [0.25, 0.3) is 0 Å². The fourth-order valence-electron chi connectivity index (χ4n) is 1.80. The molecule has 0 saturated heterocycles. The zero-order valence-corrected chi connectivity index (χ0v) is 13.7. The molecule has 2 N–H and O–H groups in total. The van der Waals surface area contributed by atoms with Crippen molar-refractivity contribution >= 4 is 29.7 Å². The molecular formula is C13H20ClN5OS. The molecule has 0 saturated carbocycles. The molecule has 0 aliphatic carbocycles. The zero-order chi connectivity index (χ0) is 14.4. The van der Waals surface area contributed by atoms with Crippen molar-refractivity contribution in [1.82, 2.24) is 25.6 Å². The first-order chi connectivity index (χ1) is 9.69. The van der Waals surface area contributed by atoms with Gasteiger partial charge in [-0.2, -0.15) is 0 Å². The van der Waals surface area contributed by atoms with E-state index in [1.807, 2.05) is 31.4 Å². The van der Waals surface area contributed by atoms with Crippen LogP contribution >= 0.6 is 23.7 Å². The number of rotatable bonds is 7. The minimum Gasteiger partial charge on any atom is -0.349 e.